The van der Waals surface area contributed by atoms with E-state index in [9.17, 15) is 0 Å². The molecule has 0 spiro atoms. The maximum atomic E-state index is 6.06. The van der Waals surface area contributed by atoms with Gasteiger partial charge in [0.15, 0.2) is 0 Å². The lowest BCUT2D eigenvalue weighted by atomic mass is 10.2. The molecule has 0 amide bonds. The van der Waals surface area contributed by atoms with Gasteiger partial charge in [-0.3, -0.25) is 0 Å². The van der Waals surface area contributed by atoms with Crippen molar-refractivity contribution < 1.29 is 9.47 Å². The number of rotatable bonds is 7. The summed E-state index contributed by atoms with van der Waals surface area (Å²) in [6.07, 6.45) is 2.74. The number of likely N-dealkylation sites (N-methyl/N-ethyl adjacent to an activating group) is 1. The topological polar surface area (TPSA) is 47.7 Å². The summed E-state index contributed by atoms with van der Waals surface area (Å²) in [6.45, 7) is 5.55. The third-order valence-electron chi connectivity index (χ3n) is 3.26. The Labute approximate surface area is 115 Å². The zero-order valence-electron chi connectivity index (χ0n) is 12.1. The lowest BCUT2D eigenvalue weighted by molar-refractivity contribution is 0.227. The Hall–Kier alpha value is -1.42. The average molecular weight is 264 g/mol. The number of hydrogen-bond donors (Lipinski definition) is 1. The van der Waals surface area contributed by atoms with Gasteiger partial charge in [0.05, 0.1) is 6.10 Å². The van der Waals surface area contributed by atoms with Crippen molar-refractivity contribution >= 4 is 5.69 Å². The van der Waals surface area contributed by atoms with Crippen molar-refractivity contribution in [2.45, 2.75) is 38.8 Å². The van der Waals surface area contributed by atoms with Gasteiger partial charge in [-0.15, -0.1) is 0 Å². The Kier molecular flexibility index (Phi) is 4.53. The Morgan fingerprint density at radius 2 is 2.00 bits per heavy atom. The summed E-state index contributed by atoms with van der Waals surface area (Å²) in [5, 5.41) is 0. The summed E-state index contributed by atoms with van der Waals surface area (Å²) in [4.78, 5) is 2.34. The van der Waals surface area contributed by atoms with E-state index in [0.717, 1.165) is 12.6 Å². The summed E-state index contributed by atoms with van der Waals surface area (Å²) < 4.78 is 11.4. The van der Waals surface area contributed by atoms with Gasteiger partial charge in [-0.2, -0.15) is 0 Å². The minimum atomic E-state index is 0.110. The molecule has 0 bridgehead atoms. The monoisotopic (exact) mass is 264 g/mol. The Balaban J connectivity index is 1.88. The van der Waals surface area contributed by atoms with Crippen molar-refractivity contribution in [3.05, 3.63) is 18.2 Å². The van der Waals surface area contributed by atoms with Gasteiger partial charge < -0.3 is 20.1 Å². The highest BCUT2D eigenvalue weighted by Crippen LogP contribution is 2.32. The van der Waals surface area contributed by atoms with Crippen molar-refractivity contribution in [2.24, 2.45) is 0 Å². The molecular formula is C15H24N2O2. The van der Waals surface area contributed by atoms with E-state index in [-0.39, 0.29) is 6.10 Å². The maximum absolute atomic E-state index is 6.06. The smallest absolute Gasteiger partial charge is 0.146 e. The molecule has 0 atom stereocenters. The fraction of sp³-hybridized carbons (Fsp3) is 0.600. The lowest BCUT2D eigenvalue weighted by Gasteiger charge is -2.18. The average Bonchev–Trinajstić information content (AvgIpc) is 3.17. The van der Waals surface area contributed by atoms with Gasteiger partial charge in [-0.05, 0) is 45.9 Å². The first kappa shape index (κ1) is 14.0. The van der Waals surface area contributed by atoms with E-state index in [2.05, 4.69) is 11.9 Å². The number of nitrogens with two attached hydrogens (primary N) is 1. The predicted octanol–water partition coefficient (Wildman–Crippen LogP) is 2.53. The van der Waals surface area contributed by atoms with E-state index in [1.54, 1.807) is 0 Å². The van der Waals surface area contributed by atoms with Gasteiger partial charge >= 0.3 is 0 Å². The molecule has 0 saturated heterocycles. The van der Waals surface area contributed by atoms with E-state index >= 15 is 0 Å². The molecule has 2 N–H and O–H groups in total. The van der Waals surface area contributed by atoms with Crippen LogP contribution in [0.1, 0.15) is 26.7 Å². The van der Waals surface area contributed by atoms with Crippen LogP contribution in [0, 0.1) is 0 Å². The molecule has 19 heavy (non-hydrogen) atoms. The SMILES string of the molecule is CC(C)Oc1cccc(OCCN(C)C2CC2)c1N. The number of ether oxygens (including phenoxy) is 2. The van der Waals surface area contributed by atoms with Crippen LogP contribution in [0.25, 0.3) is 0 Å². The van der Waals surface area contributed by atoms with Crippen molar-refractivity contribution in [3.8, 4) is 11.5 Å². The van der Waals surface area contributed by atoms with E-state index in [4.69, 9.17) is 15.2 Å². The lowest BCUT2D eigenvalue weighted by Crippen LogP contribution is -2.26. The normalized spacial score (nSPS) is 15.0. The van der Waals surface area contributed by atoms with Crippen LogP contribution in [0.2, 0.25) is 0 Å². The van der Waals surface area contributed by atoms with Gasteiger partial charge in [0, 0.05) is 12.6 Å². The van der Waals surface area contributed by atoms with Crippen LogP contribution in [0.4, 0.5) is 5.69 Å². The van der Waals surface area contributed by atoms with E-state index in [1.165, 1.54) is 12.8 Å². The van der Waals surface area contributed by atoms with Gasteiger partial charge in [0.25, 0.3) is 0 Å². The van der Waals surface area contributed by atoms with Crippen LogP contribution in [0.5, 0.6) is 11.5 Å². The fourth-order valence-corrected chi connectivity index (χ4v) is 2.00. The quantitative estimate of drug-likeness (QED) is 0.769. The van der Waals surface area contributed by atoms with Crippen LogP contribution in [0.3, 0.4) is 0 Å². The molecule has 2 rings (SSSR count). The Bertz CT molecular complexity index is 417. The molecule has 1 fully saturated rings. The number of nitrogens with zero attached hydrogens (tertiary/aromatic N) is 1. The van der Waals surface area contributed by atoms with Gasteiger partial charge in [0.1, 0.15) is 23.8 Å². The molecule has 4 nitrogen and oxygen atoms in total. The molecule has 1 aromatic carbocycles. The van der Waals surface area contributed by atoms with Crippen molar-refractivity contribution in [2.75, 3.05) is 25.9 Å². The van der Waals surface area contributed by atoms with Crippen LogP contribution in [-0.2, 0) is 0 Å². The van der Waals surface area contributed by atoms with Crippen molar-refractivity contribution in [1.82, 2.24) is 4.90 Å². The molecular weight excluding hydrogens is 240 g/mol. The zero-order valence-corrected chi connectivity index (χ0v) is 12.1. The van der Waals surface area contributed by atoms with Crippen molar-refractivity contribution in [3.63, 3.8) is 0 Å². The molecule has 0 aromatic heterocycles. The first-order valence-corrected chi connectivity index (χ1v) is 6.96. The molecule has 1 aliphatic rings. The molecule has 1 aliphatic carbocycles. The molecule has 0 aliphatic heterocycles. The number of anilines is 1. The molecule has 0 unspecified atom stereocenters. The van der Waals surface area contributed by atoms with Crippen molar-refractivity contribution in [1.29, 1.82) is 0 Å². The Morgan fingerprint density at radius 1 is 1.32 bits per heavy atom. The van der Waals surface area contributed by atoms with E-state index in [0.29, 0.717) is 23.8 Å². The van der Waals surface area contributed by atoms with Gasteiger partial charge in [-0.1, -0.05) is 6.07 Å². The minimum absolute atomic E-state index is 0.110. The van der Waals surface area contributed by atoms with Crippen LogP contribution < -0.4 is 15.2 Å². The van der Waals surface area contributed by atoms with Gasteiger partial charge in [0.2, 0.25) is 0 Å². The zero-order chi connectivity index (χ0) is 13.8. The summed E-state index contributed by atoms with van der Waals surface area (Å²) in [5.41, 5.74) is 6.65. The number of benzene rings is 1. The summed E-state index contributed by atoms with van der Waals surface area (Å²) in [5.74, 6) is 1.41. The molecule has 1 saturated carbocycles. The second kappa shape index (κ2) is 6.15. The largest absolute Gasteiger partial charge is 0.490 e. The third kappa shape index (κ3) is 4.03. The predicted molar refractivity (Wildman–Crippen MR) is 77.8 cm³/mol. The second-order valence-corrected chi connectivity index (χ2v) is 5.39. The summed E-state index contributed by atoms with van der Waals surface area (Å²) in [6, 6.07) is 6.43. The Morgan fingerprint density at radius 3 is 2.63 bits per heavy atom. The molecule has 0 heterocycles. The van der Waals surface area contributed by atoms with E-state index in [1.807, 2.05) is 32.0 Å². The number of para-hydroxylation sites is 1. The highest BCUT2D eigenvalue weighted by Gasteiger charge is 2.25. The fourth-order valence-electron chi connectivity index (χ4n) is 2.00. The summed E-state index contributed by atoms with van der Waals surface area (Å²) >= 11 is 0. The van der Waals surface area contributed by atoms with Gasteiger partial charge in [-0.25, -0.2) is 0 Å². The minimum Gasteiger partial charge on any atom is -0.490 e. The highest BCUT2D eigenvalue weighted by molar-refractivity contribution is 5.62. The van der Waals surface area contributed by atoms with Crippen LogP contribution in [0.15, 0.2) is 18.2 Å². The second-order valence-electron chi connectivity index (χ2n) is 5.39. The van der Waals surface area contributed by atoms with Crippen LogP contribution in [-0.4, -0.2) is 37.2 Å². The third-order valence-corrected chi connectivity index (χ3v) is 3.26. The molecule has 106 valence electrons. The van der Waals surface area contributed by atoms with Crippen LogP contribution >= 0.6 is 0 Å². The molecule has 1 aromatic rings. The first-order valence-electron chi connectivity index (χ1n) is 6.96. The highest BCUT2D eigenvalue weighted by atomic mass is 16.5. The maximum Gasteiger partial charge on any atom is 0.146 e. The molecule has 4 heteroatoms. The number of hydrogen-bond acceptors (Lipinski definition) is 4. The van der Waals surface area contributed by atoms with E-state index < -0.39 is 0 Å². The summed E-state index contributed by atoms with van der Waals surface area (Å²) in [7, 11) is 2.14. The standard InChI is InChI=1S/C15H24N2O2/c1-11(2)19-14-6-4-5-13(15(14)16)18-10-9-17(3)12-7-8-12/h4-6,11-12H,7-10,16H2,1-3H3. The number of nitrogen functional groups attached to an aromatic ring is 1. The molecule has 0 radical (unpaired) electrons. The first-order chi connectivity index (χ1) is 9.08.